The van der Waals surface area contributed by atoms with E-state index in [0.717, 1.165) is 11.1 Å². The van der Waals surface area contributed by atoms with Crippen LogP contribution in [-0.2, 0) is 17.8 Å². The molecule has 100 valence electrons. The van der Waals surface area contributed by atoms with E-state index < -0.39 is 5.97 Å². The van der Waals surface area contributed by atoms with E-state index in [1.54, 1.807) is 36.4 Å². The molecule has 0 aliphatic carbocycles. The van der Waals surface area contributed by atoms with Crippen molar-refractivity contribution in [3.63, 3.8) is 0 Å². The van der Waals surface area contributed by atoms with E-state index in [2.05, 4.69) is 6.07 Å². The molecule has 2 rings (SSSR count). The van der Waals surface area contributed by atoms with Crippen molar-refractivity contribution in [1.29, 1.82) is 5.26 Å². The van der Waals surface area contributed by atoms with Crippen molar-refractivity contribution in [2.75, 3.05) is 0 Å². The number of aliphatic carboxylic acids is 1. The van der Waals surface area contributed by atoms with E-state index >= 15 is 0 Å². The van der Waals surface area contributed by atoms with Crippen LogP contribution >= 0.6 is 0 Å². The maximum absolute atomic E-state index is 10.6. The van der Waals surface area contributed by atoms with Crippen LogP contribution in [0.5, 0.6) is 5.75 Å². The third kappa shape index (κ3) is 3.85. The van der Waals surface area contributed by atoms with Gasteiger partial charge in [-0.05, 0) is 35.4 Å². The summed E-state index contributed by atoms with van der Waals surface area (Å²) in [5.41, 5.74) is 2.25. The van der Waals surface area contributed by atoms with Crippen molar-refractivity contribution >= 4 is 5.97 Å². The van der Waals surface area contributed by atoms with Crippen molar-refractivity contribution in [2.45, 2.75) is 13.0 Å². The Morgan fingerprint density at radius 2 is 1.90 bits per heavy atom. The molecule has 0 bridgehead atoms. The predicted octanol–water partition coefficient (Wildman–Crippen LogP) is 2.76. The summed E-state index contributed by atoms with van der Waals surface area (Å²) < 4.78 is 5.59. The molecule has 0 amide bonds. The molecular weight excluding hydrogens is 254 g/mol. The first kappa shape index (κ1) is 13.6. The number of carboxylic acid groups (broad SMARTS) is 1. The minimum absolute atomic E-state index is 0.00446. The minimum atomic E-state index is -0.855. The maximum Gasteiger partial charge on any atom is 0.307 e. The van der Waals surface area contributed by atoms with Gasteiger partial charge in [-0.2, -0.15) is 5.26 Å². The summed E-state index contributed by atoms with van der Waals surface area (Å²) in [4.78, 5) is 10.6. The van der Waals surface area contributed by atoms with Gasteiger partial charge in [-0.15, -0.1) is 0 Å². The molecule has 0 unspecified atom stereocenters. The molecule has 0 aliphatic heterocycles. The number of rotatable bonds is 5. The molecule has 0 atom stereocenters. The summed E-state index contributed by atoms with van der Waals surface area (Å²) >= 11 is 0. The van der Waals surface area contributed by atoms with Crippen LogP contribution in [0.4, 0.5) is 0 Å². The SMILES string of the molecule is N#Cc1cccc(COc2ccc(CC(=O)O)cc2)c1. The number of hydrogen-bond acceptors (Lipinski definition) is 3. The Balaban J connectivity index is 1.97. The Bertz CT molecular complexity index is 642. The molecule has 2 aromatic carbocycles. The minimum Gasteiger partial charge on any atom is -0.489 e. The van der Waals surface area contributed by atoms with Crippen molar-refractivity contribution in [1.82, 2.24) is 0 Å². The molecule has 0 aliphatic rings. The average molecular weight is 267 g/mol. The number of ether oxygens (including phenoxy) is 1. The van der Waals surface area contributed by atoms with Crippen LogP contribution < -0.4 is 4.74 Å². The highest BCUT2D eigenvalue weighted by Crippen LogP contribution is 2.15. The second-order valence-electron chi connectivity index (χ2n) is 4.32. The molecule has 0 fully saturated rings. The van der Waals surface area contributed by atoms with Gasteiger partial charge in [-0.1, -0.05) is 24.3 Å². The molecule has 0 heterocycles. The third-order valence-corrected chi connectivity index (χ3v) is 2.74. The Hall–Kier alpha value is -2.80. The van der Waals surface area contributed by atoms with E-state index in [4.69, 9.17) is 15.1 Å². The normalized spacial score (nSPS) is 9.75. The van der Waals surface area contributed by atoms with Crippen molar-refractivity contribution in [3.8, 4) is 11.8 Å². The highest BCUT2D eigenvalue weighted by atomic mass is 16.5. The van der Waals surface area contributed by atoms with Gasteiger partial charge in [0.1, 0.15) is 12.4 Å². The first-order chi connectivity index (χ1) is 9.67. The van der Waals surface area contributed by atoms with Gasteiger partial charge < -0.3 is 9.84 Å². The summed E-state index contributed by atoms with van der Waals surface area (Å²) in [6.45, 7) is 0.369. The Morgan fingerprint density at radius 1 is 1.15 bits per heavy atom. The van der Waals surface area contributed by atoms with Crippen LogP contribution in [0.1, 0.15) is 16.7 Å². The maximum atomic E-state index is 10.6. The Kier molecular flexibility index (Phi) is 4.35. The molecule has 0 spiro atoms. The van der Waals surface area contributed by atoms with Crippen molar-refractivity contribution < 1.29 is 14.6 Å². The monoisotopic (exact) mass is 267 g/mol. The summed E-state index contributed by atoms with van der Waals surface area (Å²) in [6.07, 6.45) is 0.00446. The Morgan fingerprint density at radius 3 is 2.55 bits per heavy atom. The van der Waals surface area contributed by atoms with Crippen molar-refractivity contribution in [2.24, 2.45) is 0 Å². The van der Waals surface area contributed by atoms with Gasteiger partial charge in [0.25, 0.3) is 0 Å². The smallest absolute Gasteiger partial charge is 0.307 e. The summed E-state index contributed by atoms with van der Waals surface area (Å²) in [5, 5.41) is 17.5. The van der Waals surface area contributed by atoms with Gasteiger partial charge in [-0.25, -0.2) is 0 Å². The lowest BCUT2D eigenvalue weighted by Gasteiger charge is -2.07. The molecule has 1 N–H and O–H groups in total. The fourth-order valence-corrected chi connectivity index (χ4v) is 1.78. The van der Waals surface area contributed by atoms with Crippen LogP contribution in [0.3, 0.4) is 0 Å². The third-order valence-electron chi connectivity index (χ3n) is 2.74. The van der Waals surface area contributed by atoms with Crippen LogP contribution in [-0.4, -0.2) is 11.1 Å². The van der Waals surface area contributed by atoms with Crippen LogP contribution in [0.15, 0.2) is 48.5 Å². The molecule has 0 aromatic heterocycles. The molecule has 20 heavy (non-hydrogen) atoms. The zero-order chi connectivity index (χ0) is 14.4. The molecule has 0 radical (unpaired) electrons. The first-order valence-corrected chi connectivity index (χ1v) is 6.10. The standard InChI is InChI=1S/C16H13NO3/c17-10-13-2-1-3-14(8-13)11-20-15-6-4-12(5-7-15)9-16(18)19/h1-8H,9,11H2,(H,18,19). The van der Waals surface area contributed by atoms with Crippen LogP contribution in [0, 0.1) is 11.3 Å². The lowest BCUT2D eigenvalue weighted by molar-refractivity contribution is -0.136. The van der Waals surface area contributed by atoms with Crippen molar-refractivity contribution in [3.05, 3.63) is 65.2 Å². The summed E-state index contributed by atoms with van der Waals surface area (Å²) in [5.74, 6) is -0.187. The molecule has 4 heteroatoms. The fourth-order valence-electron chi connectivity index (χ4n) is 1.78. The summed E-state index contributed by atoms with van der Waals surface area (Å²) in [7, 11) is 0. The predicted molar refractivity (Wildman–Crippen MR) is 73.3 cm³/mol. The first-order valence-electron chi connectivity index (χ1n) is 6.10. The lowest BCUT2D eigenvalue weighted by Crippen LogP contribution is -2.00. The van der Waals surface area contributed by atoms with E-state index in [1.165, 1.54) is 0 Å². The second kappa shape index (κ2) is 6.39. The zero-order valence-electron chi connectivity index (χ0n) is 10.7. The van der Waals surface area contributed by atoms with Gasteiger partial charge in [-0.3, -0.25) is 4.79 Å². The number of nitrogens with zero attached hydrogens (tertiary/aromatic N) is 1. The number of nitriles is 1. The number of benzene rings is 2. The molecule has 0 saturated carbocycles. The van der Waals surface area contributed by atoms with E-state index in [0.29, 0.717) is 17.9 Å². The van der Waals surface area contributed by atoms with E-state index in [-0.39, 0.29) is 6.42 Å². The fraction of sp³-hybridized carbons (Fsp3) is 0.125. The summed E-state index contributed by atoms with van der Waals surface area (Å²) in [6, 6.07) is 16.2. The van der Waals surface area contributed by atoms with Gasteiger partial charge in [0.2, 0.25) is 0 Å². The van der Waals surface area contributed by atoms with Crippen LogP contribution in [0.25, 0.3) is 0 Å². The van der Waals surface area contributed by atoms with E-state index in [9.17, 15) is 4.79 Å². The number of hydrogen-bond donors (Lipinski definition) is 1. The number of carbonyl (C=O) groups is 1. The van der Waals surface area contributed by atoms with Gasteiger partial charge in [0, 0.05) is 0 Å². The van der Waals surface area contributed by atoms with Crippen LogP contribution in [0.2, 0.25) is 0 Å². The van der Waals surface area contributed by atoms with E-state index in [1.807, 2.05) is 12.1 Å². The molecule has 4 nitrogen and oxygen atoms in total. The average Bonchev–Trinajstić information content (AvgIpc) is 2.46. The molecule has 2 aromatic rings. The highest BCUT2D eigenvalue weighted by Gasteiger charge is 2.01. The van der Waals surface area contributed by atoms with Gasteiger partial charge in [0.15, 0.2) is 0 Å². The van der Waals surface area contributed by atoms with Gasteiger partial charge in [0.05, 0.1) is 18.1 Å². The Labute approximate surface area is 116 Å². The quantitative estimate of drug-likeness (QED) is 0.904. The molecular formula is C16H13NO3. The zero-order valence-corrected chi connectivity index (χ0v) is 10.7. The molecule has 0 saturated heterocycles. The second-order valence-corrected chi connectivity index (χ2v) is 4.32. The van der Waals surface area contributed by atoms with Gasteiger partial charge >= 0.3 is 5.97 Å². The lowest BCUT2D eigenvalue weighted by atomic mass is 10.1. The topological polar surface area (TPSA) is 70.3 Å². The largest absolute Gasteiger partial charge is 0.489 e. The number of carboxylic acids is 1. The highest BCUT2D eigenvalue weighted by molar-refractivity contribution is 5.70.